The lowest BCUT2D eigenvalue weighted by Gasteiger charge is -2.18. The summed E-state index contributed by atoms with van der Waals surface area (Å²) < 4.78 is 15.7. The van der Waals surface area contributed by atoms with E-state index < -0.39 is 0 Å². The SMILES string of the molecule is CCC(NC(=O)c1ccc2c(c1)OCO2)c1ccc(OC)cc1. The highest BCUT2D eigenvalue weighted by Gasteiger charge is 2.18. The summed E-state index contributed by atoms with van der Waals surface area (Å²) in [6.07, 6.45) is 0.794. The zero-order valence-electron chi connectivity index (χ0n) is 13.2. The first kappa shape index (κ1) is 15.2. The summed E-state index contributed by atoms with van der Waals surface area (Å²) in [5.41, 5.74) is 1.60. The first-order valence-corrected chi connectivity index (χ1v) is 7.55. The normalized spacial score (nSPS) is 13.5. The Labute approximate surface area is 135 Å². The molecule has 0 bridgehead atoms. The van der Waals surface area contributed by atoms with E-state index in [1.807, 2.05) is 31.2 Å². The van der Waals surface area contributed by atoms with Crippen LogP contribution in [0.2, 0.25) is 0 Å². The summed E-state index contributed by atoms with van der Waals surface area (Å²) in [4.78, 5) is 12.5. The third kappa shape index (κ3) is 3.23. The molecule has 1 heterocycles. The third-order valence-electron chi connectivity index (χ3n) is 3.87. The molecular formula is C18H19NO4. The predicted octanol–water partition coefficient (Wildman–Crippen LogP) is 3.31. The summed E-state index contributed by atoms with van der Waals surface area (Å²) in [7, 11) is 1.63. The second-order valence-electron chi connectivity index (χ2n) is 5.28. The van der Waals surface area contributed by atoms with Crippen LogP contribution in [0, 0.1) is 0 Å². The average Bonchev–Trinajstić information content (AvgIpc) is 3.07. The number of carbonyl (C=O) groups excluding carboxylic acids is 1. The number of rotatable bonds is 5. The maximum absolute atomic E-state index is 12.5. The molecule has 1 aliphatic rings. The Bertz CT molecular complexity index is 697. The van der Waals surface area contributed by atoms with Gasteiger partial charge >= 0.3 is 0 Å². The van der Waals surface area contributed by atoms with Crippen LogP contribution in [0.15, 0.2) is 42.5 Å². The molecule has 120 valence electrons. The molecule has 0 aliphatic carbocycles. The molecule has 3 rings (SSSR count). The number of nitrogens with one attached hydrogen (secondary N) is 1. The van der Waals surface area contributed by atoms with Gasteiger partial charge in [0.05, 0.1) is 13.2 Å². The molecular weight excluding hydrogens is 294 g/mol. The van der Waals surface area contributed by atoms with Crippen molar-refractivity contribution in [1.29, 1.82) is 0 Å². The number of hydrogen-bond donors (Lipinski definition) is 1. The van der Waals surface area contributed by atoms with Gasteiger partial charge in [-0.05, 0) is 42.3 Å². The van der Waals surface area contributed by atoms with Crippen molar-refractivity contribution in [1.82, 2.24) is 5.32 Å². The molecule has 0 aromatic heterocycles. The van der Waals surface area contributed by atoms with Gasteiger partial charge in [0, 0.05) is 5.56 Å². The molecule has 5 nitrogen and oxygen atoms in total. The van der Waals surface area contributed by atoms with Crippen molar-refractivity contribution in [3.05, 3.63) is 53.6 Å². The van der Waals surface area contributed by atoms with Crippen LogP contribution in [0.1, 0.15) is 35.3 Å². The number of amides is 1. The van der Waals surface area contributed by atoms with Crippen molar-refractivity contribution < 1.29 is 19.0 Å². The third-order valence-corrected chi connectivity index (χ3v) is 3.87. The van der Waals surface area contributed by atoms with E-state index in [-0.39, 0.29) is 18.7 Å². The fraction of sp³-hybridized carbons (Fsp3) is 0.278. The monoisotopic (exact) mass is 313 g/mol. The van der Waals surface area contributed by atoms with E-state index >= 15 is 0 Å². The zero-order chi connectivity index (χ0) is 16.2. The lowest BCUT2D eigenvalue weighted by Crippen LogP contribution is -2.28. The van der Waals surface area contributed by atoms with Gasteiger partial charge in [-0.1, -0.05) is 19.1 Å². The maximum atomic E-state index is 12.5. The Morgan fingerprint density at radius 1 is 1.17 bits per heavy atom. The fourth-order valence-electron chi connectivity index (χ4n) is 2.54. The van der Waals surface area contributed by atoms with Crippen LogP contribution in [-0.4, -0.2) is 19.8 Å². The fourth-order valence-corrected chi connectivity index (χ4v) is 2.54. The number of benzene rings is 2. The van der Waals surface area contributed by atoms with Gasteiger partial charge in [-0.15, -0.1) is 0 Å². The van der Waals surface area contributed by atoms with E-state index in [0.29, 0.717) is 17.1 Å². The highest BCUT2D eigenvalue weighted by molar-refractivity contribution is 5.95. The largest absolute Gasteiger partial charge is 0.497 e. The first-order valence-electron chi connectivity index (χ1n) is 7.55. The van der Waals surface area contributed by atoms with Gasteiger partial charge in [-0.25, -0.2) is 0 Å². The average molecular weight is 313 g/mol. The molecule has 5 heteroatoms. The van der Waals surface area contributed by atoms with E-state index in [2.05, 4.69) is 5.32 Å². The molecule has 2 aromatic rings. The molecule has 0 saturated carbocycles. The van der Waals surface area contributed by atoms with Crippen LogP contribution in [0.3, 0.4) is 0 Å². The number of ether oxygens (including phenoxy) is 3. The van der Waals surface area contributed by atoms with Gasteiger partial charge in [0.25, 0.3) is 5.91 Å². The molecule has 23 heavy (non-hydrogen) atoms. The minimum absolute atomic E-state index is 0.0566. The van der Waals surface area contributed by atoms with Crippen molar-refractivity contribution in [2.75, 3.05) is 13.9 Å². The van der Waals surface area contributed by atoms with Gasteiger partial charge in [0.2, 0.25) is 6.79 Å². The molecule has 1 unspecified atom stereocenters. The molecule has 0 fully saturated rings. The van der Waals surface area contributed by atoms with Gasteiger partial charge in [0.1, 0.15) is 5.75 Å². The minimum Gasteiger partial charge on any atom is -0.497 e. The van der Waals surface area contributed by atoms with Gasteiger partial charge in [-0.2, -0.15) is 0 Å². The van der Waals surface area contributed by atoms with E-state index in [9.17, 15) is 4.79 Å². The van der Waals surface area contributed by atoms with Crippen LogP contribution < -0.4 is 19.5 Å². The molecule has 0 saturated heterocycles. The van der Waals surface area contributed by atoms with Crippen LogP contribution in [0.4, 0.5) is 0 Å². The summed E-state index contributed by atoms with van der Waals surface area (Å²) in [6, 6.07) is 12.9. The standard InChI is InChI=1S/C18H19NO4/c1-3-15(12-4-7-14(21-2)8-5-12)19-18(20)13-6-9-16-17(10-13)23-11-22-16/h4-10,15H,3,11H2,1-2H3,(H,19,20). The minimum atomic E-state index is -0.133. The Hall–Kier alpha value is -2.69. The highest BCUT2D eigenvalue weighted by Crippen LogP contribution is 2.32. The maximum Gasteiger partial charge on any atom is 0.251 e. The topological polar surface area (TPSA) is 56.8 Å². The summed E-state index contributed by atoms with van der Waals surface area (Å²) in [5, 5.41) is 3.05. The van der Waals surface area contributed by atoms with Gasteiger partial charge in [-0.3, -0.25) is 4.79 Å². The van der Waals surface area contributed by atoms with Crippen LogP contribution in [0.25, 0.3) is 0 Å². The van der Waals surface area contributed by atoms with Crippen molar-refractivity contribution in [3.8, 4) is 17.2 Å². The first-order chi connectivity index (χ1) is 11.2. The number of carbonyl (C=O) groups is 1. The summed E-state index contributed by atoms with van der Waals surface area (Å²) >= 11 is 0. The molecule has 2 aromatic carbocycles. The Kier molecular flexibility index (Phi) is 4.37. The predicted molar refractivity (Wildman–Crippen MR) is 86.1 cm³/mol. The molecule has 1 atom stereocenters. The van der Waals surface area contributed by atoms with Crippen LogP contribution in [0.5, 0.6) is 17.2 Å². The van der Waals surface area contributed by atoms with E-state index in [1.54, 1.807) is 25.3 Å². The van der Waals surface area contributed by atoms with E-state index in [4.69, 9.17) is 14.2 Å². The van der Waals surface area contributed by atoms with Crippen LogP contribution in [-0.2, 0) is 0 Å². The van der Waals surface area contributed by atoms with E-state index in [0.717, 1.165) is 17.7 Å². The van der Waals surface area contributed by atoms with E-state index in [1.165, 1.54) is 0 Å². The van der Waals surface area contributed by atoms with Gasteiger partial charge < -0.3 is 19.5 Å². The van der Waals surface area contributed by atoms with Crippen molar-refractivity contribution in [2.45, 2.75) is 19.4 Å². The molecule has 1 N–H and O–H groups in total. The summed E-state index contributed by atoms with van der Waals surface area (Å²) in [6.45, 7) is 2.23. The quantitative estimate of drug-likeness (QED) is 0.920. The Morgan fingerprint density at radius 3 is 2.61 bits per heavy atom. The lowest BCUT2D eigenvalue weighted by atomic mass is 10.0. The second-order valence-corrected chi connectivity index (χ2v) is 5.28. The molecule has 1 amide bonds. The number of hydrogen-bond acceptors (Lipinski definition) is 4. The van der Waals surface area contributed by atoms with Crippen molar-refractivity contribution in [3.63, 3.8) is 0 Å². The van der Waals surface area contributed by atoms with Crippen molar-refractivity contribution >= 4 is 5.91 Å². The lowest BCUT2D eigenvalue weighted by molar-refractivity contribution is 0.0935. The number of methoxy groups -OCH3 is 1. The van der Waals surface area contributed by atoms with Gasteiger partial charge in [0.15, 0.2) is 11.5 Å². The van der Waals surface area contributed by atoms with Crippen LogP contribution >= 0.6 is 0 Å². The number of fused-ring (bicyclic) bond motifs is 1. The van der Waals surface area contributed by atoms with Crippen molar-refractivity contribution in [2.24, 2.45) is 0 Å². The Balaban J connectivity index is 1.74. The molecule has 0 spiro atoms. The zero-order valence-corrected chi connectivity index (χ0v) is 13.2. The summed E-state index contributed by atoms with van der Waals surface area (Å²) in [5.74, 6) is 1.94. The Morgan fingerprint density at radius 2 is 1.91 bits per heavy atom. The molecule has 1 aliphatic heterocycles. The second kappa shape index (κ2) is 6.60. The highest BCUT2D eigenvalue weighted by atomic mass is 16.7. The smallest absolute Gasteiger partial charge is 0.251 e. The molecule has 0 radical (unpaired) electrons.